The fourth-order valence-electron chi connectivity index (χ4n) is 2.77. The summed E-state index contributed by atoms with van der Waals surface area (Å²) >= 11 is 0. The highest BCUT2D eigenvalue weighted by atomic mass is 19.4. The van der Waals surface area contributed by atoms with Gasteiger partial charge in [-0.3, -0.25) is 0 Å². The Bertz CT molecular complexity index is 1090. The summed E-state index contributed by atoms with van der Waals surface area (Å²) in [5, 5.41) is 13.5. The van der Waals surface area contributed by atoms with Crippen LogP contribution in [0.4, 0.5) is 29.2 Å². The molecule has 1 aromatic carbocycles. The van der Waals surface area contributed by atoms with Crippen LogP contribution in [-0.4, -0.2) is 51.4 Å². The minimum Gasteiger partial charge on any atom is -0.488 e. The number of alkyl halides is 3. The Morgan fingerprint density at radius 1 is 1.30 bits per heavy atom. The minimum absolute atomic E-state index is 0.206. The highest BCUT2D eigenvalue weighted by Crippen LogP contribution is 2.26. The number of carbonyl (C=O) groups is 1. The van der Waals surface area contributed by atoms with Gasteiger partial charge in [-0.2, -0.15) is 13.2 Å². The van der Waals surface area contributed by atoms with Crippen LogP contribution < -0.4 is 15.4 Å². The number of carboxylic acid groups (broad SMARTS) is 1. The first-order chi connectivity index (χ1) is 15.7. The van der Waals surface area contributed by atoms with Crippen molar-refractivity contribution >= 4 is 17.6 Å². The van der Waals surface area contributed by atoms with E-state index < -0.39 is 18.0 Å². The monoisotopic (exact) mass is 467 g/mol. The van der Waals surface area contributed by atoms with Gasteiger partial charge >= 0.3 is 12.1 Å². The first-order valence-electron chi connectivity index (χ1n) is 9.90. The molecule has 12 heteroatoms. The molecule has 1 aliphatic heterocycles. The van der Waals surface area contributed by atoms with Gasteiger partial charge in [0.2, 0.25) is 5.95 Å². The molecule has 33 heavy (non-hydrogen) atoms. The smallest absolute Gasteiger partial charge is 0.488 e. The van der Waals surface area contributed by atoms with Crippen LogP contribution in [0.15, 0.2) is 42.9 Å². The molecule has 0 saturated carbocycles. The number of nitrogens with one attached hydrogen (secondary N) is 3. The van der Waals surface area contributed by atoms with E-state index in [1.807, 2.05) is 18.2 Å². The third-order valence-electron chi connectivity index (χ3n) is 4.54. The number of rotatable bonds is 6. The van der Waals surface area contributed by atoms with E-state index in [-0.39, 0.29) is 11.8 Å². The van der Waals surface area contributed by atoms with E-state index in [2.05, 4.69) is 32.5 Å². The summed E-state index contributed by atoms with van der Waals surface area (Å²) in [6.45, 7) is 3.81. The second-order valence-electron chi connectivity index (χ2n) is 7.04. The normalized spacial score (nSPS) is 13.5. The highest BCUT2D eigenvalue weighted by molar-refractivity contribution is 5.73. The Hall–Kier alpha value is -3.67. The van der Waals surface area contributed by atoms with Crippen LogP contribution >= 0.6 is 0 Å². The lowest BCUT2D eigenvalue weighted by molar-refractivity contribution is -0.192. The molecule has 176 valence electrons. The summed E-state index contributed by atoms with van der Waals surface area (Å²) in [5.41, 5.74) is 2.90. The van der Waals surface area contributed by atoms with Gasteiger partial charge in [0.25, 0.3) is 0 Å². The average molecular weight is 467 g/mol. The maximum Gasteiger partial charge on any atom is 0.490 e. The quantitative estimate of drug-likeness (QED) is 0.407. The molecule has 1 saturated heterocycles. The summed E-state index contributed by atoms with van der Waals surface area (Å²) in [6.07, 6.45) is 0.614. The molecule has 0 radical (unpaired) electrons. The van der Waals surface area contributed by atoms with Gasteiger partial charge in [0.15, 0.2) is 5.82 Å². The fourth-order valence-corrected chi connectivity index (χ4v) is 2.77. The third kappa shape index (κ3) is 6.65. The number of anilines is 2. The van der Waals surface area contributed by atoms with Crippen molar-refractivity contribution in [1.82, 2.24) is 20.3 Å². The van der Waals surface area contributed by atoms with Crippen LogP contribution in [0.25, 0.3) is 11.3 Å². The molecule has 4 N–H and O–H groups in total. The predicted molar refractivity (Wildman–Crippen MR) is 112 cm³/mol. The minimum atomic E-state index is -5.08. The van der Waals surface area contributed by atoms with Gasteiger partial charge < -0.3 is 25.5 Å². The number of carboxylic acids is 1. The fraction of sp³-hybridized carbons (Fsp3) is 0.286. The van der Waals surface area contributed by atoms with Gasteiger partial charge in [0, 0.05) is 42.8 Å². The standard InChI is InChI=1S/C19H20FN5O.C2HF3O2/c1-2-12-5-14(7-15(6-12)26-16-9-22-10-16)24-19-23-11-17(20)18(25-19)13-3-4-21-8-13;3-2(4,5)1(6)7/h3-8,11,16,21-22H,2,9-10H2,1H3,(H,23,24,25);(H,6,7). The molecule has 0 atom stereocenters. The Morgan fingerprint density at radius 2 is 2.03 bits per heavy atom. The van der Waals surface area contributed by atoms with E-state index in [0.717, 1.165) is 36.5 Å². The second-order valence-corrected chi connectivity index (χ2v) is 7.04. The third-order valence-corrected chi connectivity index (χ3v) is 4.54. The van der Waals surface area contributed by atoms with Gasteiger partial charge in [-0.15, -0.1) is 0 Å². The van der Waals surface area contributed by atoms with E-state index in [4.69, 9.17) is 14.6 Å². The maximum absolute atomic E-state index is 14.1. The first kappa shape index (κ1) is 24.0. The van der Waals surface area contributed by atoms with E-state index in [0.29, 0.717) is 11.5 Å². The average Bonchev–Trinajstić information content (AvgIpc) is 3.26. The van der Waals surface area contributed by atoms with Crippen molar-refractivity contribution in [3.63, 3.8) is 0 Å². The van der Waals surface area contributed by atoms with Crippen molar-refractivity contribution in [3.05, 3.63) is 54.2 Å². The van der Waals surface area contributed by atoms with Gasteiger partial charge in [0.05, 0.1) is 6.20 Å². The van der Waals surface area contributed by atoms with Gasteiger partial charge in [-0.25, -0.2) is 19.2 Å². The molecule has 1 aliphatic rings. The summed E-state index contributed by atoms with van der Waals surface area (Å²) in [6, 6.07) is 7.75. The van der Waals surface area contributed by atoms with Crippen LogP contribution in [0.3, 0.4) is 0 Å². The number of ether oxygens (including phenoxy) is 1. The van der Waals surface area contributed by atoms with E-state index in [9.17, 15) is 17.6 Å². The summed E-state index contributed by atoms with van der Waals surface area (Å²) < 4.78 is 51.8. The van der Waals surface area contributed by atoms with Crippen molar-refractivity contribution in [2.75, 3.05) is 18.4 Å². The van der Waals surface area contributed by atoms with Crippen LogP contribution in [0.2, 0.25) is 0 Å². The number of H-pyrrole nitrogens is 1. The lowest BCUT2D eigenvalue weighted by Crippen LogP contribution is -2.50. The molecule has 1 fully saturated rings. The number of hydrogen-bond acceptors (Lipinski definition) is 6. The maximum atomic E-state index is 14.1. The summed E-state index contributed by atoms with van der Waals surface area (Å²) in [5.74, 6) is -2.06. The van der Waals surface area contributed by atoms with E-state index >= 15 is 0 Å². The second kappa shape index (κ2) is 10.3. The molecule has 8 nitrogen and oxygen atoms in total. The van der Waals surface area contributed by atoms with Crippen LogP contribution in [-0.2, 0) is 11.2 Å². The summed E-state index contributed by atoms with van der Waals surface area (Å²) in [7, 11) is 0. The van der Waals surface area contributed by atoms with Crippen LogP contribution in [0.1, 0.15) is 12.5 Å². The van der Waals surface area contributed by atoms with Crippen molar-refractivity contribution in [1.29, 1.82) is 0 Å². The molecule has 0 amide bonds. The Labute approximate surface area is 186 Å². The number of aliphatic carboxylic acids is 1. The van der Waals surface area contributed by atoms with Crippen LogP contribution in [0.5, 0.6) is 5.75 Å². The lowest BCUT2D eigenvalue weighted by atomic mass is 10.1. The molecular formula is C21H21F4N5O3. The number of aryl methyl sites for hydroxylation is 1. The number of halogens is 4. The lowest BCUT2D eigenvalue weighted by Gasteiger charge is -2.28. The first-order valence-corrected chi connectivity index (χ1v) is 9.90. The zero-order valence-electron chi connectivity index (χ0n) is 17.4. The van der Waals surface area contributed by atoms with Gasteiger partial charge in [-0.05, 0) is 30.2 Å². The summed E-state index contributed by atoms with van der Waals surface area (Å²) in [4.78, 5) is 20.2. The Morgan fingerprint density at radius 3 is 2.58 bits per heavy atom. The molecule has 4 rings (SSSR count). The van der Waals surface area contributed by atoms with E-state index in [1.165, 1.54) is 6.20 Å². The molecule has 2 aromatic heterocycles. The molecule has 0 aliphatic carbocycles. The number of hydrogen-bond donors (Lipinski definition) is 4. The number of aromatic amines is 1. The Kier molecular flexibility index (Phi) is 7.48. The predicted octanol–water partition coefficient (Wildman–Crippen LogP) is 3.90. The largest absolute Gasteiger partial charge is 0.490 e. The van der Waals surface area contributed by atoms with Crippen molar-refractivity contribution in [3.8, 4) is 17.0 Å². The zero-order valence-corrected chi connectivity index (χ0v) is 17.4. The van der Waals surface area contributed by atoms with Crippen molar-refractivity contribution in [2.45, 2.75) is 25.6 Å². The van der Waals surface area contributed by atoms with Gasteiger partial charge in [-0.1, -0.05) is 6.92 Å². The molecule has 0 spiro atoms. The van der Waals surface area contributed by atoms with Crippen LogP contribution in [0, 0.1) is 5.82 Å². The SMILES string of the molecule is CCc1cc(Nc2ncc(F)c(-c3cc[nH]c3)n2)cc(OC2CNC2)c1.O=C(O)C(F)(F)F. The molecule has 0 bridgehead atoms. The van der Waals surface area contributed by atoms with E-state index in [1.54, 1.807) is 18.5 Å². The molecule has 3 heterocycles. The topological polar surface area (TPSA) is 112 Å². The van der Waals surface area contributed by atoms with Crippen molar-refractivity contribution in [2.24, 2.45) is 0 Å². The Balaban J connectivity index is 0.000000383. The molecular weight excluding hydrogens is 446 g/mol. The molecule has 3 aromatic rings. The number of nitrogens with zero attached hydrogens (tertiary/aromatic N) is 2. The number of aromatic nitrogens is 3. The van der Waals surface area contributed by atoms with Gasteiger partial charge in [0.1, 0.15) is 17.5 Å². The number of benzene rings is 1. The molecule has 0 unspecified atom stereocenters. The van der Waals surface area contributed by atoms with Crippen molar-refractivity contribution < 1.29 is 32.2 Å². The highest BCUT2D eigenvalue weighted by Gasteiger charge is 2.38. The zero-order chi connectivity index (χ0) is 24.0.